The summed E-state index contributed by atoms with van der Waals surface area (Å²) in [5.74, 6) is 0.621. The minimum Gasteiger partial charge on any atom is -0.452 e. The normalized spacial score (nSPS) is 11.8. The molecule has 0 aliphatic heterocycles. The Balaban J connectivity index is 1.45. The number of hydrogen-bond acceptors (Lipinski definition) is 3. The molecule has 0 bridgehead atoms. The zero-order chi connectivity index (χ0) is 27.6. The zero-order valence-electron chi connectivity index (χ0n) is 22.5. The van der Waals surface area contributed by atoms with Crippen LogP contribution in [0, 0.1) is 0 Å². The van der Waals surface area contributed by atoms with E-state index in [1.165, 1.54) is 10.8 Å². The first-order valence-corrected chi connectivity index (χ1v) is 14.1. The Morgan fingerprint density at radius 2 is 1.12 bits per heavy atom. The van der Waals surface area contributed by atoms with E-state index in [1.54, 1.807) is 0 Å². The molecule has 0 N–H and O–H groups in total. The third kappa shape index (κ3) is 3.29. The average Bonchev–Trinajstić information content (AvgIpc) is 3.60. The Bertz CT molecular complexity index is 2410. The molecule has 0 fully saturated rings. The van der Waals surface area contributed by atoms with Crippen molar-refractivity contribution in [1.29, 1.82) is 0 Å². The van der Waals surface area contributed by atoms with E-state index in [9.17, 15) is 0 Å². The molecule has 0 spiro atoms. The van der Waals surface area contributed by atoms with Gasteiger partial charge in [-0.15, -0.1) is 0 Å². The minimum atomic E-state index is 0.621. The molecule has 0 aliphatic carbocycles. The van der Waals surface area contributed by atoms with Crippen LogP contribution in [-0.2, 0) is 0 Å². The standard InChI is InChI=1S/C38H23N3O/c1-2-12-24(13-3-1)26-19-10-14-25-15-11-20-30(34(25)26)36-37-35(29-18-6-9-23-33(29)42-37)39-38(40-36)41-31-21-7-4-16-27(31)28-17-5-8-22-32(28)41/h1-23H. The highest BCUT2D eigenvalue weighted by Gasteiger charge is 2.22. The van der Waals surface area contributed by atoms with Crippen molar-refractivity contribution in [3.63, 3.8) is 0 Å². The average molecular weight is 538 g/mol. The molecule has 3 aromatic heterocycles. The SMILES string of the molecule is c1ccc(-c2cccc3cccc(-c4nc(-n5c6ccccc6c6ccccc65)nc5c4oc4ccccc45)c23)cc1. The van der Waals surface area contributed by atoms with Crippen LogP contribution in [0.1, 0.15) is 0 Å². The van der Waals surface area contributed by atoms with E-state index in [0.717, 1.165) is 60.7 Å². The van der Waals surface area contributed by atoms with Gasteiger partial charge in [0.15, 0.2) is 5.58 Å². The lowest BCUT2D eigenvalue weighted by atomic mass is 9.93. The number of nitrogens with zero attached hydrogens (tertiary/aromatic N) is 3. The maximum Gasteiger partial charge on any atom is 0.236 e. The maximum atomic E-state index is 6.55. The Labute approximate surface area is 241 Å². The number of hydrogen-bond donors (Lipinski definition) is 0. The summed E-state index contributed by atoms with van der Waals surface area (Å²) in [5.41, 5.74) is 8.55. The quantitative estimate of drug-likeness (QED) is 0.225. The fourth-order valence-corrected chi connectivity index (χ4v) is 6.40. The number of furan rings is 1. The monoisotopic (exact) mass is 537 g/mol. The molecule has 0 atom stereocenters. The van der Waals surface area contributed by atoms with Gasteiger partial charge in [0.2, 0.25) is 5.95 Å². The second-order valence-electron chi connectivity index (χ2n) is 10.6. The molecule has 6 aromatic carbocycles. The van der Waals surface area contributed by atoms with E-state index < -0.39 is 0 Å². The van der Waals surface area contributed by atoms with Crippen molar-refractivity contribution in [2.24, 2.45) is 0 Å². The summed E-state index contributed by atoms with van der Waals surface area (Å²) in [7, 11) is 0. The molecule has 4 heteroatoms. The predicted octanol–water partition coefficient (Wildman–Crippen LogP) is 9.96. The van der Waals surface area contributed by atoms with Crippen molar-refractivity contribution < 1.29 is 4.42 Å². The number of benzene rings is 6. The smallest absolute Gasteiger partial charge is 0.236 e. The third-order valence-electron chi connectivity index (χ3n) is 8.23. The first-order valence-electron chi connectivity index (χ1n) is 14.1. The summed E-state index contributed by atoms with van der Waals surface area (Å²) in [6.45, 7) is 0. The van der Waals surface area contributed by atoms with Crippen LogP contribution in [0.2, 0.25) is 0 Å². The van der Waals surface area contributed by atoms with Crippen LogP contribution in [0.3, 0.4) is 0 Å². The van der Waals surface area contributed by atoms with Crippen LogP contribution in [-0.4, -0.2) is 14.5 Å². The van der Waals surface area contributed by atoms with E-state index in [1.807, 2.05) is 18.2 Å². The molecule has 9 aromatic rings. The molecular weight excluding hydrogens is 514 g/mol. The van der Waals surface area contributed by atoms with E-state index >= 15 is 0 Å². The molecule has 0 unspecified atom stereocenters. The van der Waals surface area contributed by atoms with Crippen LogP contribution in [0.5, 0.6) is 0 Å². The van der Waals surface area contributed by atoms with Gasteiger partial charge in [0.1, 0.15) is 16.8 Å². The second-order valence-corrected chi connectivity index (χ2v) is 10.6. The lowest BCUT2D eigenvalue weighted by Crippen LogP contribution is -2.03. The fourth-order valence-electron chi connectivity index (χ4n) is 6.40. The lowest BCUT2D eigenvalue weighted by Gasteiger charge is -2.14. The largest absolute Gasteiger partial charge is 0.452 e. The van der Waals surface area contributed by atoms with Crippen LogP contribution >= 0.6 is 0 Å². The molecule has 0 saturated heterocycles. The molecule has 9 rings (SSSR count). The Kier molecular flexibility index (Phi) is 4.87. The highest BCUT2D eigenvalue weighted by atomic mass is 16.3. The van der Waals surface area contributed by atoms with Crippen LogP contribution < -0.4 is 0 Å². The van der Waals surface area contributed by atoms with Gasteiger partial charge >= 0.3 is 0 Å². The van der Waals surface area contributed by atoms with Gasteiger partial charge in [-0.2, -0.15) is 0 Å². The summed E-state index contributed by atoms with van der Waals surface area (Å²) >= 11 is 0. The molecule has 0 radical (unpaired) electrons. The molecule has 0 saturated carbocycles. The van der Waals surface area contributed by atoms with Gasteiger partial charge in [-0.3, -0.25) is 4.57 Å². The molecule has 196 valence electrons. The topological polar surface area (TPSA) is 43.9 Å². The Morgan fingerprint density at radius 3 is 1.86 bits per heavy atom. The van der Waals surface area contributed by atoms with E-state index in [-0.39, 0.29) is 0 Å². The predicted molar refractivity (Wildman–Crippen MR) is 172 cm³/mol. The summed E-state index contributed by atoms with van der Waals surface area (Å²) in [6, 6.07) is 48.4. The van der Waals surface area contributed by atoms with Crippen molar-refractivity contribution in [2.75, 3.05) is 0 Å². The molecule has 3 heterocycles. The highest BCUT2D eigenvalue weighted by molar-refractivity contribution is 6.13. The molecule has 0 aliphatic rings. The first-order chi connectivity index (χ1) is 20.8. The van der Waals surface area contributed by atoms with Crippen LogP contribution in [0.15, 0.2) is 144 Å². The molecular formula is C38H23N3O. The first kappa shape index (κ1) is 23.0. The highest BCUT2D eigenvalue weighted by Crippen LogP contribution is 2.41. The zero-order valence-corrected chi connectivity index (χ0v) is 22.5. The van der Waals surface area contributed by atoms with Gasteiger partial charge in [0.25, 0.3) is 0 Å². The summed E-state index contributed by atoms with van der Waals surface area (Å²) in [5, 5.41) is 5.61. The Morgan fingerprint density at radius 1 is 0.500 bits per heavy atom. The number of rotatable bonds is 3. The van der Waals surface area contributed by atoms with Gasteiger partial charge in [0.05, 0.1) is 11.0 Å². The Hall–Kier alpha value is -5.74. The van der Waals surface area contributed by atoms with Crippen molar-refractivity contribution in [3.05, 3.63) is 140 Å². The fraction of sp³-hybridized carbons (Fsp3) is 0. The van der Waals surface area contributed by atoms with E-state index in [2.05, 4.69) is 126 Å². The minimum absolute atomic E-state index is 0.621. The van der Waals surface area contributed by atoms with Crippen LogP contribution in [0.4, 0.5) is 0 Å². The summed E-state index contributed by atoms with van der Waals surface area (Å²) in [6.07, 6.45) is 0. The molecule has 0 amide bonds. The molecule has 4 nitrogen and oxygen atoms in total. The third-order valence-corrected chi connectivity index (χ3v) is 8.23. The van der Waals surface area contributed by atoms with Crippen molar-refractivity contribution in [3.8, 4) is 28.3 Å². The van der Waals surface area contributed by atoms with Crippen molar-refractivity contribution in [2.45, 2.75) is 0 Å². The molecule has 42 heavy (non-hydrogen) atoms. The van der Waals surface area contributed by atoms with Crippen LogP contribution in [0.25, 0.3) is 83.0 Å². The number of fused-ring (bicyclic) bond motifs is 7. The van der Waals surface area contributed by atoms with Gasteiger partial charge in [-0.25, -0.2) is 9.97 Å². The summed E-state index contributed by atoms with van der Waals surface area (Å²) in [4.78, 5) is 10.6. The number of aromatic nitrogens is 3. The number of para-hydroxylation sites is 3. The van der Waals surface area contributed by atoms with Crippen molar-refractivity contribution >= 4 is 54.6 Å². The summed E-state index contributed by atoms with van der Waals surface area (Å²) < 4.78 is 8.72. The van der Waals surface area contributed by atoms with E-state index in [0.29, 0.717) is 11.5 Å². The van der Waals surface area contributed by atoms with Gasteiger partial charge < -0.3 is 4.42 Å². The van der Waals surface area contributed by atoms with Gasteiger partial charge in [-0.05, 0) is 46.2 Å². The van der Waals surface area contributed by atoms with E-state index in [4.69, 9.17) is 14.4 Å². The lowest BCUT2D eigenvalue weighted by molar-refractivity contribution is 0.666. The van der Waals surface area contributed by atoms with Gasteiger partial charge in [0, 0.05) is 21.7 Å². The van der Waals surface area contributed by atoms with Crippen molar-refractivity contribution in [1.82, 2.24) is 14.5 Å². The van der Waals surface area contributed by atoms with Gasteiger partial charge in [-0.1, -0.05) is 115 Å². The maximum absolute atomic E-state index is 6.55. The second kappa shape index (κ2) is 8.88.